The van der Waals surface area contributed by atoms with Crippen LogP contribution in [-0.2, 0) is 0 Å². The molecule has 0 aromatic heterocycles. The predicted molar refractivity (Wildman–Crippen MR) is 104 cm³/mol. The predicted octanol–water partition coefficient (Wildman–Crippen LogP) is 7.29. The van der Waals surface area contributed by atoms with Crippen LogP contribution in [0.5, 0.6) is 0 Å². The summed E-state index contributed by atoms with van der Waals surface area (Å²) in [7, 11) is 0. The third kappa shape index (κ3) is 2.01. The van der Waals surface area contributed by atoms with E-state index >= 15 is 0 Å². The topological polar surface area (TPSA) is 0 Å². The number of halogens is 2. The van der Waals surface area contributed by atoms with Crippen molar-refractivity contribution in [3.8, 4) is 0 Å². The van der Waals surface area contributed by atoms with Crippen LogP contribution in [0.25, 0.3) is 32.3 Å². The lowest BCUT2D eigenvalue weighted by Gasteiger charge is -2.13. The summed E-state index contributed by atoms with van der Waals surface area (Å²) in [5.41, 5.74) is 2.58. The molecule has 108 valence electrons. The molecule has 0 aliphatic carbocycles. The van der Waals surface area contributed by atoms with E-state index in [1.165, 1.54) is 43.4 Å². The van der Waals surface area contributed by atoms with Gasteiger partial charge in [0.05, 0.1) is 0 Å². The number of benzene rings is 4. The van der Waals surface area contributed by atoms with E-state index in [0.717, 1.165) is 8.95 Å². The highest BCUT2D eigenvalue weighted by Gasteiger charge is 2.11. The van der Waals surface area contributed by atoms with Crippen LogP contribution in [-0.4, -0.2) is 0 Å². The second-order valence-corrected chi connectivity index (χ2v) is 7.57. The summed E-state index contributed by atoms with van der Waals surface area (Å²) in [5, 5.41) is 7.75. The van der Waals surface area contributed by atoms with Gasteiger partial charge in [-0.15, -0.1) is 0 Å². The van der Waals surface area contributed by atoms with Crippen molar-refractivity contribution >= 4 is 64.2 Å². The summed E-state index contributed by atoms with van der Waals surface area (Å²) >= 11 is 7.54. The van der Waals surface area contributed by atoms with Gasteiger partial charge >= 0.3 is 0 Å². The number of hydrogen-bond acceptors (Lipinski definition) is 0. The van der Waals surface area contributed by atoms with Gasteiger partial charge in [0, 0.05) is 8.95 Å². The first-order chi connectivity index (χ1) is 10.6. The molecule has 0 amide bonds. The average Bonchev–Trinajstić information content (AvgIpc) is 2.49. The van der Waals surface area contributed by atoms with Gasteiger partial charge in [0.1, 0.15) is 0 Å². The molecule has 4 aromatic rings. The molecule has 4 rings (SSSR count). The molecule has 0 N–H and O–H groups in total. The van der Waals surface area contributed by atoms with Crippen LogP contribution in [0.15, 0.2) is 57.5 Å². The van der Waals surface area contributed by atoms with E-state index in [-0.39, 0.29) is 0 Å². The highest BCUT2D eigenvalue weighted by atomic mass is 79.9. The summed E-state index contributed by atoms with van der Waals surface area (Å²) in [6, 6.07) is 17.7. The molecule has 0 unspecified atom stereocenters. The Balaban J connectivity index is 2.33. The van der Waals surface area contributed by atoms with E-state index in [4.69, 9.17) is 0 Å². The van der Waals surface area contributed by atoms with Gasteiger partial charge in [-0.1, -0.05) is 73.8 Å². The third-order valence-corrected chi connectivity index (χ3v) is 5.64. The molecule has 0 spiro atoms. The van der Waals surface area contributed by atoms with E-state index < -0.39 is 0 Å². The molecule has 2 heteroatoms. The van der Waals surface area contributed by atoms with Crippen molar-refractivity contribution in [1.29, 1.82) is 0 Å². The molecule has 22 heavy (non-hydrogen) atoms. The van der Waals surface area contributed by atoms with Crippen molar-refractivity contribution in [2.45, 2.75) is 13.8 Å². The summed E-state index contributed by atoms with van der Waals surface area (Å²) in [6.45, 7) is 4.30. The largest absolute Gasteiger partial charge is 0.0613 e. The molecule has 0 bridgehead atoms. The van der Waals surface area contributed by atoms with Gasteiger partial charge in [0.25, 0.3) is 0 Å². The first-order valence-electron chi connectivity index (χ1n) is 7.26. The van der Waals surface area contributed by atoms with Crippen molar-refractivity contribution < 1.29 is 0 Å². The fourth-order valence-corrected chi connectivity index (χ4v) is 4.62. The van der Waals surface area contributed by atoms with Gasteiger partial charge in [0.15, 0.2) is 0 Å². The summed E-state index contributed by atoms with van der Waals surface area (Å²) < 4.78 is 2.32. The molecular formula is C20H14Br2. The third-order valence-electron chi connectivity index (χ3n) is 4.36. The van der Waals surface area contributed by atoms with Crippen molar-refractivity contribution in [2.24, 2.45) is 0 Å². The molecule has 0 aliphatic rings. The molecule has 0 radical (unpaired) electrons. The number of aryl methyl sites for hydroxylation is 2. The number of rotatable bonds is 0. The summed E-state index contributed by atoms with van der Waals surface area (Å²) in [5.74, 6) is 0. The van der Waals surface area contributed by atoms with Crippen LogP contribution < -0.4 is 0 Å². The fourth-order valence-electron chi connectivity index (χ4n) is 3.30. The van der Waals surface area contributed by atoms with Crippen LogP contribution >= 0.6 is 31.9 Å². The molecule has 0 aliphatic heterocycles. The zero-order chi connectivity index (χ0) is 15.4. The van der Waals surface area contributed by atoms with Gasteiger partial charge in [-0.2, -0.15) is 0 Å². The summed E-state index contributed by atoms with van der Waals surface area (Å²) in [4.78, 5) is 0. The minimum absolute atomic E-state index is 1.16. The zero-order valence-electron chi connectivity index (χ0n) is 12.4. The number of hydrogen-bond donors (Lipinski definition) is 0. The van der Waals surface area contributed by atoms with Crippen molar-refractivity contribution in [3.05, 3.63) is 68.6 Å². The molecule has 0 nitrogen and oxygen atoms in total. The lowest BCUT2D eigenvalue weighted by molar-refractivity contribution is 1.50. The van der Waals surface area contributed by atoms with Crippen LogP contribution in [0.3, 0.4) is 0 Å². The Morgan fingerprint density at radius 2 is 1.36 bits per heavy atom. The Hall–Kier alpha value is -1.38. The molecule has 0 atom stereocenters. The Bertz CT molecular complexity index is 1060. The van der Waals surface area contributed by atoms with Crippen LogP contribution in [0.4, 0.5) is 0 Å². The van der Waals surface area contributed by atoms with E-state index in [1.54, 1.807) is 0 Å². The van der Waals surface area contributed by atoms with Crippen molar-refractivity contribution in [1.82, 2.24) is 0 Å². The highest BCUT2D eigenvalue weighted by molar-refractivity contribution is 9.11. The monoisotopic (exact) mass is 412 g/mol. The summed E-state index contributed by atoms with van der Waals surface area (Å²) in [6.07, 6.45) is 0. The van der Waals surface area contributed by atoms with E-state index in [2.05, 4.69) is 94.2 Å². The lowest BCUT2D eigenvalue weighted by atomic mass is 9.95. The zero-order valence-corrected chi connectivity index (χ0v) is 15.5. The smallest absolute Gasteiger partial charge is 0.0263 e. The normalized spacial score (nSPS) is 11.6. The van der Waals surface area contributed by atoms with Crippen LogP contribution in [0, 0.1) is 13.8 Å². The second-order valence-electron chi connectivity index (χ2n) is 5.86. The Morgan fingerprint density at radius 3 is 2.18 bits per heavy atom. The fraction of sp³-hybridized carbons (Fsp3) is 0.100. The van der Waals surface area contributed by atoms with E-state index in [9.17, 15) is 0 Å². The maximum absolute atomic E-state index is 3.78. The maximum atomic E-state index is 3.78. The molecular weight excluding hydrogens is 400 g/mol. The minimum Gasteiger partial charge on any atom is -0.0613 e. The van der Waals surface area contributed by atoms with Gasteiger partial charge in [0.2, 0.25) is 0 Å². The molecule has 0 heterocycles. The Kier molecular flexibility index (Phi) is 3.28. The van der Waals surface area contributed by atoms with E-state index in [0.29, 0.717) is 0 Å². The molecule has 0 saturated carbocycles. The maximum Gasteiger partial charge on any atom is 0.0263 e. The van der Waals surface area contributed by atoms with Crippen LogP contribution in [0.2, 0.25) is 0 Å². The SMILES string of the molecule is Cc1ccc2c(c1)c(Br)cc1c3cccc(C)c3c(Br)cc21. The minimum atomic E-state index is 1.16. The average molecular weight is 414 g/mol. The van der Waals surface area contributed by atoms with Crippen molar-refractivity contribution in [3.63, 3.8) is 0 Å². The second kappa shape index (κ2) is 5.07. The first-order valence-corrected chi connectivity index (χ1v) is 8.85. The molecule has 0 fully saturated rings. The van der Waals surface area contributed by atoms with Crippen molar-refractivity contribution in [2.75, 3.05) is 0 Å². The quantitative estimate of drug-likeness (QED) is 0.265. The van der Waals surface area contributed by atoms with Crippen LogP contribution in [0.1, 0.15) is 11.1 Å². The Labute approximate surface area is 146 Å². The Morgan fingerprint density at radius 1 is 0.636 bits per heavy atom. The van der Waals surface area contributed by atoms with Gasteiger partial charge < -0.3 is 0 Å². The molecule has 4 aromatic carbocycles. The van der Waals surface area contributed by atoms with Gasteiger partial charge in [-0.3, -0.25) is 0 Å². The lowest BCUT2D eigenvalue weighted by Crippen LogP contribution is -1.86. The standard InChI is InChI=1S/C20H14Br2/c1-11-6-7-13-15-10-19(22)20-12(2)4-3-5-14(20)16(15)9-18(21)17(13)8-11/h3-10H,1-2H3. The molecule has 0 saturated heterocycles. The van der Waals surface area contributed by atoms with Gasteiger partial charge in [-0.25, -0.2) is 0 Å². The van der Waals surface area contributed by atoms with E-state index in [1.807, 2.05) is 0 Å². The number of fused-ring (bicyclic) bond motifs is 5. The van der Waals surface area contributed by atoms with Gasteiger partial charge in [-0.05, 0) is 63.9 Å². The first kappa shape index (κ1) is 14.2. The highest BCUT2D eigenvalue weighted by Crippen LogP contribution is 2.40.